The van der Waals surface area contributed by atoms with Crippen molar-refractivity contribution in [2.45, 2.75) is 44.1 Å². The smallest absolute Gasteiger partial charge is 0.253 e. The van der Waals surface area contributed by atoms with E-state index in [4.69, 9.17) is 23.2 Å². The summed E-state index contributed by atoms with van der Waals surface area (Å²) in [6.45, 7) is 4.47. The van der Waals surface area contributed by atoms with Crippen LogP contribution in [0.1, 0.15) is 53.9 Å². The van der Waals surface area contributed by atoms with E-state index in [1.54, 1.807) is 4.90 Å². The maximum atomic E-state index is 13.0. The van der Waals surface area contributed by atoms with Crippen LogP contribution in [0, 0.1) is 0 Å². The van der Waals surface area contributed by atoms with Gasteiger partial charge in [0.2, 0.25) is 5.91 Å². The Kier molecular flexibility index (Phi) is 10.3. The zero-order valence-electron chi connectivity index (χ0n) is 20.2. The summed E-state index contributed by atoms with van der Waals surface area (Å²) in [4.78, 5) is 31.4. The van der Waals surface area contributed by atoms with Crippen molar-refractivity contribution in [2.24, 2.45) is 0 Å². The van der Waals surface area contributed by atoms with Gasteiger partial charge in [-0.25, -0.2) is 0 Å². The van der Waals surface area contributed by atoms with Gasteiger partial charge >= 0.3 is 0 Å². The van der Waals surface area contributed by atoms with Gasteiger partial charge in [0.15, 0.2) is 0 Å². The number of benzene rings is 2. The number of carbonyl (C=O) groups excluding carboxylic acids is 2. The highest BCUT2D eigenvalue weighted by Gasteiger charge is 2.31. The van der Waals surface area contributed by atoms with Crippen LogP contribution in [0.5, 0.6) is 0 Å². The largest absolute Gasteiger partial charge is 0.341 e. The zero-order valence-corrected chi connectivity index (χ0v) is 22.5. The number of likely N-dealkylation sites (N-methyl/N-ethyl adjacent to an activating group) is 1. The van der Waals surface area contributed by atoms with Gasteiger partial charge in [-0.1, -0.05) is 47.5 Å². The van der Waals surface area contributed by atoms with Crippen molar-refractivity contribution < 1.29 is 9.59 Å². The Balaban J connectivity index is 0.00000342. The monoisotopic (exact) mass is 537 g/mol. The Hall–Kier alpha value is -1.79. The molecule has 4 rings (SSSR count). The van der Waals surface area contributed by atoms with E-state index >= 15 is 0 Å². The molecular weight excluding hydrogens is 505 g/mol. The number of halogens is 3. The molecule has 8 heteroatoms. The van der Waals surface area contributed by atoms with Crippen LogP contribution in [0.15, 0.2) is 48.5 Å². The van der Waals surface area contributed by atoms with E-state index in [9.17, 15) is 9.59 Å². The third-order valence-corrected chi connectivity index (χ3v) is 7.92. The third-order valence-electron chi connectivity index (χ3n) is 7.18. The summed E-state index contributed by atoms with van der Waals surface area (Å²) in [7, 11) is 1.86. The number of hydrogen-bond acceptors (Lipinski definition) is 3. The molecule has 2 amide bonds. The maximum absolute atomic E-state index is 13.0. The highest BCUT2D eigenvalue weighted by atomic mass is 35.5. The number of likely N-dealkylation sites (tertiary alicyclic amines) is 2. The van der Waals surface area contributed by atoms with Crippen molar-refractivity contribution in [3.8, 4) is 0 Å². The summed E-state index contributed by atoms with van der Waals surface area (Å²) in [5, 5.41) is 1.08. The summed E-state index contributed by atoms with van der Waals surface area (Å²) in [5.74, 6) is 0.483. The molecule has 1 atom stereocenters. The van der Waals surface area contributed by atoms with Crippen LogP contribution in [-0.4, -0.2) is 72.3 Å². The molecule has 0 spiro atoms. The molecule has 2 aliphatic heterocycles. The molecule has 0 aliphatic carbocycles. The van der Waals surface area contributed by atoms with Gasteiger partial charge in [-0.2, -0.15) is 0 Å². The number of nitrogens with zero attached hydrogens (tertiary/aromatic N) is 3. The predicted octanol–water partition coefficient (Wildman–Crippen LogP) is 5.75. The summed E-state index contributed by atoms with van der Waals surface area (Å²) in [6, 6.07) is 15.6. The Morgan fingerprint density at radius 3 is 2.40 bits per heavy atom. The molecule has 190 valence electrons. The van der Waals surface area contributed by atoms with Crippen molar-refractivity contribution in [1.82, 2.24) is 14.7 Å². The minimum atomic E-state index is 0. The van der Waals surface area contributed by atoms with Gasteiger partial charge in [0, 0.05) is 57.2 Å². The number of amides is 2. The van der Waals surface area contributed by atoms with Crippen LogP contribution in [0.4, 0.5) is 0 Å². The van der Waals surface area contributed by atoms with Gasteiger partial charge in [0.05, 0.1) is 10.0 Å². The molecule has 1 unspecified atom stereocenters. The lowest BCUT2D eigenvalue weighted by molar-refractivity contribution is -0.130. The number of hydrogen-bond donors (Lipinski definition) is 0. The lowest BCUT2D eigenvalue weighted by atomic mass is 9.94. The highest BCUT2D eigenvalue weighted by molar-refractivity contribution is 6.42. The maximum Gasteiger partial charge on any atom is 0.253 e. The molecule has 2 aromatic rings. The van der Waals surface area contributed by atoms with E-state index in [-0.39, 0.29) is 24.2 Å². The molecule has 0 saturated carbocycles. The van der Waals surface area contributed by atoms with E-state index in [2.05, 4.69) is 9.80 Å². The van der Waals surface area contributed by atoms with Crippen LogP contribution >= 0.6 is 35.6 Å². The number of rotatable bonds is 8. The second kappa shape index (κ2) is 13.0. The minimum Gasteiger partial charge on any atom is -0.341 e. The molecule has 0 bridgehead atoms. The average molecular weight is 539 g/mol. The molecule has 5 nitrogen and oxygen atoms in total. The van der Waals surface area contributed by atoms with Gasteiger partial charge in [0.25, 0.3) is 5.91 Å². The summed E-state index contributed by atoms with van der Waals surface area (Å²) in [5.41, 5.74) is 1.79. The summed E-state index contributed by atoms with van der Waals surface area (Å²) in [6.07, 6.45) is 4.70. The molecular formula is C27H34Cl3N3O2. The van der Waals surface area contributed by atoms with E-state index in [0.29, 0.717) is 40.5 Å². The molecule has 2 heterocycles. The Morgan fingerprint density at radius 1 is 1.06 bits per heavy atom. The van der Waals surface area contributed by atoms with Gasteiger partial charge < -0.3 is 14.7 Å². The second-order valence-electron chi connectivity index (χ2n) is 9.47. The molecule has 35 heavy (non-hydrogen) atoms. The third kappa shape index (κ3) is 7.13. The first-order valence-corrected chi connectivity index (χ1v) is 12.9. The van der Waals surface area contributed by atoms with Crippen LogP contribution in [0.3, 0.4) is 0 Å². The molecule has 0 radical (unpaired) electrons. The lowest BCUT2D eigenvalue weighted by Crippen LogP contribution is -2.45. The molecule has 2 aliphatic rings. The van der Waals surface area contributed by atoms with Gasteiger partial charge in [-0.3, -0.25) is 9.59 Å². The molecule has 2 aromatic carbocycles. The van der Waals surface area contributed by atoms with Crippen molar-refractivity contribution in [2.75, 3.05) is 39.8 Å². The lowest BCUT2D eigenvalue weighted by Gasteiger charge is -2.37. The first-order chi connectivity index (χ1) is 16.4. The summed E-state index contributed by atoms with van der Waals surface area (Å²) < 4.78 is 0. The van der Waals surface area contributed by atoms with Gasteiger partial charge in [0.1, 0.15) is 0 Å². The molecule has 2 saturated heterocycles. The predicted molar refractivity (Wildman–Crippen MR) is 145 cm³/mol. The normalized spacial score (nSPS) is 17.8. The zero-order chi connectivity index (χ0) is 24.1. The Labute approximate surface area is 224 Å². The van der Waals surface area contributed by atoms with E-state index < -0.39 is 0 Å². The quantitative estimate of drug-likeness (QED) is 0.430. The minimum absolute atomic E-state index is 0. The van der Waals surface area contributed by atoms with Crippen molar-refractivity contribution in [1.29, 1.82) is 0 Å². The highest BCUT2D eigenvalue weighted by Crippen LogP contribution is 2.30. The molecule has 0 N–H and O–H groups in total. The van der Waals surface area contributed by atoms with Crippen molar-refractivity contribution in [3.05, 3.63) is 69.7 Å². The Bertz CT molecular complexity index is 996. The van der Waals surface area contributed by atoms with E-state index in [1.165, 1.54) is 0 Å². The van der Waals surface area contributed by atoms with E-state index in [0.717, 1.165) is 57.4 Å². The van der Waals surface area contributed by atoms with Gasteiger partial charge in [-0.15, -0.1) is 12.4 Å². The first kappa shape index (κ1) is 27.8. The van der Waals surface area contributed by atoms with Crippen LogP contribution in [-0.2, 0) is 4.79 Å². The van der Waals surface area contributed by atoms with Crippen molar-refractivity contribution >= 4 is 47.4 Å². The van der Waals surface area contributed by atoms with E-state index in [1.807, 2.05) is 55.6 Å². The van der Waals surface area contributed by atoms with Crippen LogP contribution < -0.4 is 0 Å². The second-order valence-corrected chi connectivity index (χ2v) is 10.3. The average Bonchev–Trinajstić information content (AvgIpc) is 3.29. The van der Waals surface area contributed by atoms with Crippen molar-refractivity contribution in [3.63, 3.8) is 0 Å². The fourth-order valence-electron chi connectivity index (χ4n) is 5.19. The SMILES string of the molecule is CN(CC(CCN1CCC(N2CCCC2=O)CC1)c1ccc(Cl)c(Cl)c1)C(=O)c1ccccc1.Cl. The molecule has 2 fully saturated rings. The topological polar surface area (TPSA) is 43.9 Å². The fourth-order valence-corrected chi connectivity index (χ4v) is 5.50. The van der Waals surface area contributed by atoms with Crippen LogP contribution in [0.25, 0.3) is 0 Å². The number of carbonyl (C=O) groups is 2. The Morgan fingerprint density at radius 2 is 1.77 bits per heavy atom. The molecule has 0 aromatic heterocycles. The fraction of sp³-hybridized carbons (Fsp3) is 0.481. The standard InChI is InChI=1S/C27H33Cl2N3O2.ClH/c1-30(27(34)20-6-3-2-4-7-20)19-22(21-9-10-24(28)25(29)18-21)11-15-31-16-12-23(13-17-31)32-14-5-8-26(32)33;/h2-4,6-7,9-10,18,22-23H,5,8,11-17,19H2,1H3;1H. The number of piperidine rings is 1. The first-order valence-electron chi connectivity index (χ1n) is 12.2. The summed E-state index contributed by atoms with van der Waals surface area (Å²) >= 11 is 12.5. The van der Waals surface area contributed by atoms with Gasteiger partial charge in [-0.05, 0) is 62.1 Å². The van der Waals surface area contributed by atoms with Crippen LogP contribution in [0.2, 0.25) is 10.0 Å².